The number of sulfone groups is 1. The highest BCUT2D eigenvalue weighted by Crippen LogP contribution is 2.23. The molecule has 0 bridgehead atoms. The molecule has 1 aromatic carbocycles. The first-order valence-electron chi connectivity index (χ1n) is 9.26. The van der Waals surface area contributed by atoms with E-state index in [1.165, 1.54) is 4.31 Å². The summed E-state index contributed by atoms with van der Waals surface area (Å²) in [6, 6.07) is 6.78. The van der Waals surface area contributed by atoms with Gasteiger partial charge in [0, 0.05) is 24.2 Å². The number of amides is 1. The van der Waals surface area contributed by atoms with Gasteiger partial charge < -0.3 is 5.32 Å². The fourth-order valence-electron chi connectivity index (χ4n) is 3.60. The number of sulfonamides is 1. The minimum atomic E-state index is -3.22. The fourth-order valence-corrected chi connectivity index (χ4v) is 6.85. The molecule has 1 atom stereocenters. The van der Waals surface area contributed by atoms with Gasteiger partial charge in [-0.15, -0.1) is 0 Å². The fraction of sp³-hybridized carbons (Fsp3) is 0.611. The van der Waals surface area contributed by atoms with Gasteiger partial charge in [-0.2, -0.15) is 4.31 Å². The largest absolute Gasteiger partial charge is 0.349 e. The predicted molar refractivity (Wildman–Crippen MR) is 104 cm³/mol. The van der Waals surface area contributed by atoms with E-state index >= 15 is 0 Å². The van der Waals surface area contributed by atoms with Crippen LogP contribution in [0.5, 0.6) is 0 Å². The number of carbonyl (C=O) groups is 1. The van der Waals surface area contributed by atoms with Gasteiger partial charge in [0.2, 0.25) is 10.0 Å². The van der Waals surface area contributed by atoms with Crippen LogP contribution in [0.2, 0.25) is 0 Å². The van der Waals surface area contributed by atoms with Crippen LogP contribution in [0.15, 0.2) is 24.3 Å². The highest BCUT2D eigenvalue weighted by Gasteiger charge is 2.31. The number of hydrogen-bond acceptors (Lipinski definition) is 5. The van der Waals surface area contributed by atoms with Crippen LogP contribution in [0, 0.1) is 0 Å². The van der Waals surface area contributed by atoms with Gasteiger partial charge in [0.1, 0.15) is 9.84 Å². The summed E-state index contributed by atoms with van der Waals surface area (Å²) >= 11 is 0. The second-order valence-corrected chi connectivity index (χ2v) is 11.8. The van der Waals surface area contributed by atoms with Crippen molar-refractivity contribution in [1.29, 1.82) is 0 Å². The standard InChI is InChI=1S/C18H26N2O5S2/c1-14-3-2-10-27(24,25)20(14)13-15-4-6-16(7-5-15)18(21)19-17-8-11-26(22,23)12-9-17/h4-7,14,17H,2-3,8-13H2,1H3,(H,19,21). The lowest BCUT2D eigenvalue weighted by molar-refractivity contribution is 0.0934. The molecule has 0 aliphatic carbocycles. The third kappa shape index (κ3) is 5.08. The Bertz CT molecular complexity index is 880. The summed E-state index contributed by atoms with van der Waals surface area (Å²) in [6.07, 6.45) is 2.44. The molecule has 1 aromatic rings. The third-order valence-electron chi connectivity index (χ3n) is 5.32. The zero-order valence-electron chi connectivity index (χ0n) is 15.4. The van der Waals surface area contributed by atoms with Crippen LogP contribution in [0.3, 0.4) is 0 Å². The van der Waals surface area contributed by atoms with E-state index in [4.69, 9.17) is 0 Å². The zero-order valence-corrected chi connectivity index (χ0v) is 17.1. The number of carbonyl (C=O) groups excluding carboxylic acids is 1. The summed E-state index contributed by atoms with van der Waals surface area (Å²) in [5.74, 6) is 0.179. The Morgan fingerprint density at radius 3 is 2.26 bits per heavy atom. The molecule has 7 nitrogen and oxygen atoms in total. The van der Waals surface area contributed by atoms with Gasteiger partial charge in [-0.05, 0) is 50.3 Å². The lowest BCUT2D eigenvalue weighted by Gasteiger charge is -2.32. The topological polar surface area (TPSA) is 101 Å². The average molecular weight is 415 g/mol. The van der Waals surface area contributed by atoms with Crippen molar-refractivity contribution < 1.29 is 21.6 Å². The maximum atomic E-state index is 12.4. The summed E-state index contributed by atoms with van der Waals surface area (Å²) in [4.78, 5) is 12.4. The van der Waals surface area contributed by atoms with E-state index in [-0.39, 0.29) is 35.2 Å². The second kappa shape index (κ2) is 7.89. The number of nitrogens with zero attached hydrogens (tertiary/aromatic N) is 1. The minimum Gasteiger partial charge on any atom is -0.349 e. The van der Waals surface area contributed by atoms with E-state index in [1.807, 2.05) is 6.92 Å². The Morgan fingerprint density at radius 2 is 1.67 bits per heavy atom. The summed E-state index contributed by atoms with van der Waals surface area (Å²) in [5.41, 5.74) is 1.33. The Balaban J connectivity index is 1.60. The maximum Gasteiger partial charge on any atom is 0.251 e. The van der Waals surface area contributed by atoms with Crippen LogP contribution in [0.4, 0.5) is 0 Å². The Kier molecular flexibility index (Phi) is 5.93. The van der Waals surface area contributed by atoms with Gasteiger partial charge >= 0.3 is 0 Å². The van der Waals surface area contributed by atoms with Crippen LogP contribution in [-0.2, 0) is 26.4 Å². The molecule has 2 aliphatic rings. The van der Waals surface area contributed by atoms with Crippen molar-refractivity contribution in [2.75, 3.05) is 17.3 Å². The van der Waals surface area contributed by atoms with E-state index in [1.54, 1.807) is 24.3 Å². The van der Waals surface area contributed by atoms with E-state index in [9.17, 15) is 21.6 Å². The molecule has 1 unspecified atom stereocenters. The Morgan fingerprint density at radius 1 is 1.04 bits per heavy atom. The molecular weight excluding hydrogens is 388 g/mol. The highest BCUT2D eigenvalue weighted by molar-refractivity contribution is 7.91. The molecular formula is C18H26N2O5S2. The Labute approximate surface area is 161 Å². The monoisotopic (exact) mass is 414 g/mol. The van der Waals surface area contributed by atoms with Gasteiger partial charge in [0.25, 0.3) is 5.91 Å². The van der Waals surface area contributed by atoms with E-state index in [0.717, 1.165) is 12.0 Å². The maximum absolute atomic E-state index is 12.4. The molecule has 1 N–H and O–H groups in total. The molecule has 1 amide bonds. The Hall–Kier alpha value is -1.45. The first-order chi connectivity index (χ1) is 12.7. The quantitative estimate of drug-likeness (QED) is 0.801. The van der Waals surface area contributed by atoms with Crippen molar-refractivity contribution in [2.24, 2.45) is 0 Å². The van der Waals surface area contributed by atoms with Crippen molar-refractivity contribution in [1.82, 2.24) is 9.62 Å². The van der Waals surface area contributed by atoms with Crippen molar-refractivity contribution in [3.8, 4) is 0 Å². The van der Waals surface area contributed by atoms with Crippen LogP contribution >= 0.6 is 0 Å². The van der Waals surface area contributed by atoms with Gasteiger partial charge in [-0.1, -0.05) is 12.1 Å². The zero-order chi connectivity index (χ0) is 19.7. The molecule has 2 saturated heterocycles. The van der Waals surface area contributed by atoms with Gasteiger partial charge in [0.15, 0.2) is 0 Å². The van der Waals surface area contributed by atoms with Crippen LogP contribution in [0.25, 0.3) is 0 Å². The number of rotatable bonds is 4. The molecule has 3 rings (SSSR count). The number of nitrogens with one attached hydrogen (secondary N) is 1. The average Bonchev–Trinajstić information content (AvgIpc) is 2.60. The lowest BCUT2D eigenvalue weighted by Crippen LogP contribution is -2.43. The first kappa shape index (κ1) is 20.3. The van der Waals surface area contributed by atoms with Crippen LogP contribution in [-0.4, -0.2) is 56.4 Å². The molecule has 9 heteroatoms. The predicted octanol–water partition coefficient (Wildman–Crippen LogP) is 1.31. The summed E-state index contributed by atoms with van der Waals surface area (Å²) in [6.45, 7) is 2.23. The summed E-state index contributed by atoms with van der Waals surface area (Å²) in [7, 11) is -6.18. The van der Waals surface area contributed by atoms with Crippen molar-refractivity contribution >= 4 is 25.8 Å². The smallest absolute Gasteiger partial charge is 0.251 e. The third-order valence-corrected chi connectivity index (χ3v) is 9.04. The van der Waals surface area contributed by atoms with Crippen LogP contribution < -0.4 is 5.32 Å². The van der Waals surface area contributed by atoms with E-state index in [2.05, 4.69) is 5.32 Å². The molecule has 0 spiro atoms. The minimum absolute atomic E-state index is 0.0192. The first-order valence-corrected chi connectivity index (χ1v) is 12.7. The van der Waals surface area contributed by atoms with Gasteiger partial charge in [0.05, 0.1) is 17.3 Å². The van der Waals surface area contributed by atoms with Gasteiger partial charge in [-0.3, -0.25) is 4.79 Å². The lowest BCUT2D eigenvalue weighted by atomic mass is 10.1. The molecule has 0 saturated carbocycles. The summed E-state index contributed by atoms with van der Waals surface area (Å²) < 4.78 is 49.0. The van der Waals surface area contributed by atoms with E-state index in [0.29, 0.717) is 31.4 Å². The number of benzene rings is 1. The molecule has 150 valence electrons. The SMILES string of the molecule is CC1CCCS(=O)(=O)N1Cc1ccc(C(=O)NC2CCS(=O)(=O)CC2)cc1. The van der Waals surface area contributed by atoms with Crippen molar-refractivity contribution in [3.63, 3.8) is 0 Å². The highest BCUT2D eigenvalue weighted by atomic mass is 32.2. The molecule has 2 aliphatic heterocycles. The normalized spacial score (nSPS) is 25.7. The molecule has 0 radical (unpaired) electrons. The van der Waals surface area contributed by atoms with E-state index < -0.39 is 19.9 Å². The molecule has 2 heterocycles. The van der Waals surface area contributed by atoms with Gasteiger partial charge in [-0.25, -0.2) is 16.8 Å². The van der Waals surface area contributed by atoms with Crippen LogP contribution in [0.1, 0.15) is 48.5 Å². The summed E-state index contributed by atoms with van der Waals surface area (Å²) in [5, 5.41) is 2.88. The number of hydrogen-bond donors (Lipinski definition) is 1. The van der Waals surface area contributed by atoms with Crippen molar-refractivity contribution in [2.45, 2.75) is 51.2 Å². The van der Waals surface area contributed by atoms with Crippen molar-refractivity contribution in [3.05, 3.63) is 35.4 Å². The molecule has 0 aromatic heterocycles. The molecule has 27 heavy (non-hydrogen) atoms. The second-order valence-electron chi connectivity index (χ2n) is 7.45. The molecule has 2 fully saturated rings.